The molecular weight excluding hydrogens is 319 g/mol. The third kappa shape index (κ3) is 3.11. The van der Waals surface area contributed by atoms with E-state index < -0.39 is 12.7 Å². The summed E-state index contributed by atoms with van der Waals surface area (Å²) in [5.74, 6) is 0.675. The Morgan fingerprint density at radius 1 is 1.18 bits per heavy atom. The SMILES string of the molecule is FC(F)(F)Cn1nc(Nc2ccc(Cl)cn2)c2cnccc21. The number of hydrogen-bond donors (Lipinski definition) is 1. The molecule has 114 valence electrons. The van der Waals surface area contributed by atoms with E-state index in [4.69, 9.17) is 11.6 Å². The first-order valence-corrected chi connectivity index (χ1v) is 6.56. The first kappa shape index (κ1) is 14.6. The molecule has 0 radical (unpaired) electrons. The van der Waals surface area contributed by atoms with E-state index in [0.717, 1.165) is 4.68 Å². The maximum Gasteiger partial charge on any atom is 0.408 e. The predicted octanol–water partition coefficient (Wildman–Crippen LogP) is 3.79. The topological polar surface area (TPSA) is 55.6 Å². The average Bonchev–Trinajstić information content (AvgIpc) is 2.78. The summed E-state index contributed by atoms with van der Waals surface area (Å²) in [7, 11) is 0. The first-order chi connectivity index (χ1) is 10.4. The third-order valence-corrected chi connectivity index (χ3v) is 3.08. The Balaban J connectivity index is 2.00. The van der Waals surface area contributed by atoms with E-state index in [-0.39, 0.29) is 5.82 Å². The summed E-state index contributed by atoms with van der Waals surface area (Å²) in [4.78, 5) is 7.95. The van der Waals surface area contributed by atoms with E-state index in [1.165, 1.54) is 24.7 Å². The van der Waals surface area contributed by atoms with Gasteiger partial charge in [-0.15, -0.1) is 0 Å². The van der Waals surface area contributed by atoms with Crippen molar-refractivity contribution in [2.75, 3.05) is 5.32 Å². The van der Waals surface area contributed by atoms with Crippen molar-refractivity contribution < 1.29 is 13.2 Å². The van der Waals surface area contributed by atoms with Crippen LogP contribution in [0.2, 0.25) is 5.02 Å². The number of fused-ring (bicyclic) bond motifs is 1. The Hall–Kier alpha value is -2.35. The molecule has 0 aromatic carbocycles. The molecule has 0 saturated heterocycles. The molecule has 3 aromatic rings. The molecule has 3 rings (SSSR count). The highest BCUT2D eigenvalue weighted by atomic mass is 35.5. The lowest BCUT2D eigenvalue weighted by Crippen LogP contribution is -2.18. The molecule has 9 heteroatoms. The number of alkyl halides is 3. The Bertz CT molecular complexity index is 798. The average molecular weight is 328 g/mol. The molecule has 1 N–H and O–H groups in total. The molecule has 0 aliphatic rings. The smallest absolute Gasteiger partial charge is 0.323 e. The maximum atomic E-state index is 12.6. The zero-order valence-corrected chi connectivity index (χ0v) is 11.7. The van der Waals surface area contributed by atoms with Crippen molar-refractivity contribution in [1.29, 1.82) is 0 Å². The molecule has 3 aromatic heterocycles. The monoisotopic (exact) mass is 327 g/mol. The van der Waals surface area contributed by atoms with Crippen LogP contribution in [0.4, 0.5) is 24.8 Å². The lowest BCUT2D eigenvalue weighted by Gasteiger charge is -2.06. The van der Waals surface area contributed by atoms with Crippen LogP contribution in [0, 0.1) is 0 Å². The van der Waals surface area contributed by atoms with Gasteiger partial charge in [0.1, 0.15) is 12.4 Å². The van der Waals surface area contributed by atoms with Crippen LogP contribution in [0.3, 0.4) is 0 Å². The number of aromatic nitrogens is 4. The molecule has 0 bridgehead atoms. The van der Waals surface area contributed by atoms with Crippen LogP contribution in [-0.4, -0.2) is 25.9 Å². The highest BCUT2D eigenvalue weighted by Crippen LogP contribution is 2.27. The van der Waals surface area contributed by atoms with Gasteiger partial charge in [0.25, 0.3) is 0 Å². The number of rotatable bonds is 3. The van der Waals surface area contributed by atoms with Gasteiger partial charge in [0.05, 0.1) is 15.9 Å². The van der Waals surface area contributed by atoms with Crippen LogP contribution >= 0.6 is 11.6 Å². The minimum atomic E-state index is -4.36. The van der Waals surface area contributed by atoms with Crippen molar-refractivity contribution in [3.8, 4) is 0 Å². The molecule has 0 saturated carbocycles. The van der Waals surface area contributed by atoms with E-state index >= 15 is 0 Å². The van der Waals surface area contributed by atoms with Crippen molar-refractivity contribution >= 4 is 34.1 Å². The molecule has 0 aliphatic heterocycles. The second-order valence-corrected chi connectivity index (χ2v) is 4.94. The van der Waals surface area contributed by atoms with Crippen LogP contribution in [-0.2, 0) is 6.54 Å². The Kier molecular flexibility index (Phi) is 3.61. The maximum absolute atomic E-state index is 12.6. The van der Waals surface area contributed by atoms with Gasteiger partial charge in [-0.1, -0.05) is 11.6 Å². The molecular formula is C13H9ClF3N5. The fraction of sp³-hybridized carbons (Fsp3) is 0.154. The fourth-order valence-corrected chi connectivity index (χ4v) is 2.09. The lowest BCUT2D eigenvalue weighted by atomic mass is 10.3. The molecule has 5 nitrogen and oxygen atoms in total. The summed E-state index contributed by atoms with van der Waals surface area (Å²) in [5, 5.41) is 7.77. The molecule has 0 amide bonds. The van der Waals surface area contributed by atoms with E-state index in [1.807, 2.05) is 0 Å². The van der Waals surface area contributed by atoms with Crippen molar-refractivity contribution in [3.05, 3.63) is 41.8 Å². The summed E-state index contributed by atoms with van der Waals surface area (Å²) < 4.78 is 38.8. The fourth-order valence-electron chi connectivity index (χ4n) is 1.98. The lowest BCUT2D eigenvalue weighted by molar-refractivity contribution is -0.141. The summed E-state index contributed by atoms with van der Waals surface area (Å²) >= 11 is 5.74. The zero-order valence-electron chi connectivity index (χ0n) is 11.0. The largest absolute Gasteiger partial charge is 0.408 e. The van der Waals surface area contributed by atoms with Gasteiger partial charge in [0, 0.05) is 18.6 Å². The minimum Gasteiger partial charge on any atom is -0.323 e. The molecule has 0 spiro atoms. The summed E-state index contributed by atoms with van der Waals surface area (Å²) in [5.41, 5.74) is 0.337. The van der Waals surface area contributed by atoms with Gasteiger partial charge >= 0.3 is 6.18 Å². The van der Waals surface area contributed by atoms with Crippen LogP contribution in [0.15, 0.2) is 36.8 Å². The number of hydrogen-bond acceptors (Lipinski definition) is 4. The molecule has 0 atom stereocenters. The highest BCUT2D eigenvalue weighted by molar-refractivity contribution is 6.30. The van der Waals surface area contributed by atoms with Crippen molar-refractivity contribution in [1.82, 2.24) is 19.7 Å². The van der Waals surface area contributed by atoms with Gasteiger partial charge < -0.3 is 5.32 Å². The predicted molar refractivity (Wildman–Crippen MR) is 76.1 cm³/mol. The van der Waals surface area contributed by atoms with Crippen LogP contribution in [0.5, 0.6) is 0 Å². The van der Waals surface area contributed by atoms with Gasteiger partial charge in [-0.3, -0.25) is 9.67 Å². The molecule has 22 heavy (non-hydrogen) atoms. The van der Waals surface area contributed by atoms with Gasteiger partial charge in [-0.25, -0.2) is 4.98 Å². The van der Waals surface area contributed by atoms with Crippen molar-refractivity contribution in [2.45, 2.75) is 12.7 Å². The molecule has 0 unspecified atom stereocenters. The highest BCUT2D eigenvalue weighted by Gasteiger charge is 2.29. The zero-order chi connectivity index (χ0) is 15.7. The van der Waals surface area contributed by atoms with Crippen molar-refractivity contribution in [3.63, 3.8) is 0 Å². The second kappa shape index (κ2) is 5.45. The van der Waals surface area contributed by atoms with Crippen molar-refractivity contribution in [2.24, 2.45) is 0 Å². The molecule has 0 aliphatic carbocycles. The van der Waals surface area contributed by atoms with E-state index in [1.54, 1.807) is 12.1 Å². The molecule has 3 heterocycles. The summed E-state index contributed by atoms with van der Waals surface area (Å²) in [6.07, 6.45) is -0.0658. The quantitative estimate of drug-likeness (QED) is 0.795. The van der Waals surface area contributed by atoms with Gasteiger partial charge in [0.2, 0.25) is 0 Å². The Morgan fingerprint density at radius 2 is 2.00 bits per heavy atom. The molecule has 0 fully saturated rings. The number of pyridine rings is 2. The first-order valence-electron chi connectivity index (χ1n) is 6.18. The number of nitrogens with zero attached hydrogens (tertiary/aromatic N) is 4. The minimum absolute atomic E-state index is 0.252. The standard InChI is InChI=1S/C13H9ClF3N5/c14-8-1-2-11(19-5-8)20-12-9-6-18-4-3-10(9)22(21-12)7-13(15,16)17/h1-6H,7H2,(H,19,20,21). The Labute approximate surface area is 127 Å². The van der Waals surface area contributed by atoms with E-state index in [2.05, 4.69) is 20.4 Å². The van der Waals surface area contributed by atoms with Gasteiger partial charge in [-0.05, 0) is 18.2 Å². The second-order valence-electron chi connectivity index (χ2n) is 4.50. The van der Waals surface area contributed by atoms with E-state index in [9.17, 15) is 13.2 Å². The van der Waals surface area contributed by atoms with E-state index in [0.29, 0.717) is 21.7 Å². The summed E-state index contributed by atoms with van der Waals surface area (Å²) in [6, 6.07) is 4.70. The van der Waals surface area contributed by atoms with Crippen LogP contribution in [0.25, 0.3) is 10.9 Å². The number of anilines is 2. The summed E-state index contributed by atoms with van der Waals surface area (Å²) in [6.45, 7) is -1.18. The van der Waals surface area contributed by atoms with Crippen LogP contribution in [0.1, 0.15) is 0 Å². The Morgan fingerprint density at radius 3 is 2.68 bits per heavy atom. The van der Waals surface area contributed by atoms with Gasteiger partial charge in [0.15, 0.2) is 5.82 Å². The normalized spacial score (nSPS) is 11.8. The van der Waals surface area contributed by atoms with Gasteiger partial charge in [-0.2, -0.15) is 18.3 Å². The third-order valence-electron chi connectivity index (χ3n) is 2.85. The van der Waals surface area contributed by atoms with Crippen LogP contribution < -0.4 is 5.32 Å². The number of halogens is 4. The number of nitrogens with one attached hydrogen (secondary N) is 1.